The summed E-state index contributed by atoms with van der Waals surface area (Å²) in [6, 6.07) is 10.9. The number of rotatable bonds is 5. The van der Waals surface area contributed by atoms with E-state index in [-0.39, 0.29) is 18.0 Å². The molecule has 0 unspecified atom stereocenters. The summed E-state index contributed by atoms with van der Waals surface area (Å²) < 4.78 is 13.6. The van der Waals surface area contributed by atoms with Gasteiger partial charge in [0.25, 0.3) is 5.69 Å². The molecule has 6 nitrogen and oxygen atoms in total. The van der Waals surface area contributed by atoms with Crippen LogP contribution in [-0.2, 0) is 11.2 Å². The molecule has 0 atom stereocenters. The number of thiazole rings is 1. The first kappa shape index (κ1) is 17.7. The van der Waals surface area contributed by atoms with Gasteiger partial charge in [-0.3, -0.25) is 14.9 Å². The Hall–Kier alpha value is -3.13. The molecule has 0 spiro atoms. The summed E-state index contributed by atoms with van der Waals surface area (Å²) in [5.74, 6) is -0.819. The van der Waals surface area contributed by atoms with Crippen molar-refractivity contribution in [2.45, 2.75) is 13.3 Å². The number of halogens is 1. The number of nitrogens with one attached hydrogen (secondary N) is 1. The number of nitrogens with zero attached hydrogens (tertiary/aromatic N) is 2. The van der Waals surface area contributed by atoms with E-state index in [1.54, 1.807) is 42.6 Å². The maximum atomic E-state index is 13.6. The molecule has 0 aliphatic heterocycles. The first-order valence-electron chi connectivity index (χ1n) is 7.68. The molecular weight excluding hydrogens is 357 g/mol. The topological polar surface area (TPSA) is 85.1 Å². The van der Waals surface area contributed by atoms with Gasteiger partial charge < -0.3 is 5.32 Å². The molecule has 1 heterocycles. The van der Waals surface area contributed by atoms with Crippen LogP contribution in [-0.4, -0.2) is 15.8 Å². The standard InChI is InChI=1S/C18H14FN3O3S/c1-11-6-7-13(8-16(11)22(24)25)15-10-26-18(20-15)21-17(23)9-12-4-2-3-5-14(12)19/h2-8,10H,9H2,1H3,(H,20,21,23). The van der Waals surface area contributed by atoms with E-state index in [4.69, 9.17) is 0 Å². The Labute approximate surface area is 152 Å². The summed E-state index contributed by atoms with van der Waals surface area (Å²) in [7, 11) is 0. The van der Waals surface area contributed by atoms with Crippen molar-refractivity contribution in [1.82, 2.24) is 4.98 Å². The van der Waals surface area contributed by atoms with Crippen molar-refractivity contribution in [2.24, 2.45) is 0 Å². The second kappa shape index (κ2) is 7.40. The summed E-state index contributed by atoms with van der Waals surface area (Å²) in [5, 5.41) is 15.7. The minimum atomic E-state index is -0.442. The quantitative estimate of drug-likeness (QED) is 0.534. The molecule has 0 fully saturated rings. The first-order valence-corrected chi connectivity index (χ1v) is 8.56. The molecule has 3 rings (SSSR count). The Bertz CT molecular complexity index is 987. The highest BCUT2D eigenvalue weighted by Gasteiger charge is 2.15. The number of anilines is 1. The van der Waals surface area contributed by atoms with Gasteiger partial charge >= 0.3 is 0 Å². The molecule has 132 valence electrons. The summed E-state index contributed by atoms with van der Waals surface area (Å²) in [6.45, 7) is 1.66. The van der Waals surface area contributed by atoms with Gasteiger partial charge in [-0.25, -0.2) is 9.37 Å². The van der Waals surface area contributed by atoms with Crippen LogP contribution in [0.1, 0.15) is 11.1 Å². The average molecular weight is 371 g/mol. The summed E-state index contributed by atoms with van der Waals surface area (Å²) >= 11 is 1.20. The van der Waals surface area contributed by atoms with Gasteiger partial charge in [-0.05, 0) is 18.6 Å². The van der Waals surface area contributed by atoms with E-state index in [1.165, 1.54) is 23.5 Å². The molecule has 26 heavy (non-hydrogen) atoms. The van der Waals surface area contributed by atoms with Crippen molar-refractivity contribution in [2.75, 3.05) is 5.32 Å². The first-order chi connectivity index (χ1) is 12.4. The monoisotopic (exact) mass is 371 g/mol. The Morgan fingerprint density at radius 3 is 2.81 bits per heavy atom. The highest BCUT2D eigenvalue weighted by molar-refractivity contribution is 7.14. The number of nitro groups is 1. The number of aryl methyl sites for hydroxylation is 1. The van der Waals surface area contributed by atoms with Crippen LogP contribution in [0.2, 0.25) is 0 Å². The smallest absolute Gasteiger partial charge is 0.272 e. The molecule has 3 aromatic rings. The molecule has 0 saturated heterocycles. The van der Waals surface area contributed by atoms with Gasteiger partial charge in [0.2, 0.25) is 5.91 Å². The molecule has 8 heteroatoms. The van der Waals surface area contributed by atoms with E-state index >= 15 is 0 Å². The van der Waals surface area contributed by atoms with Crippen LogP contribution < -0.4 is 5.32 Å². The second-order valence-corrected chi connectivity index (χ2v) is 6.47. The van der Waals surface area contributed by atoms with E-state index in [2.05, 4.69) is 10.3 Å². The van der Waals surface area contributed by atoms with E-state index in [1.807, 2.05) is 0 Å². The van der Waals surface area contributed by atoms with E-state index in [9.17, 15) is 19.3 Å². The van der Waals surface area contributed by atoms with Crippen LogP contribution in [0.15, 0.2) is 47.8 Å². The molecule has 0 radical (unpaired) electrons. The predicted octanol–water partition coefficient (Wildman–Crippen LogP) is 4.35. The molecular formula is C18H14FN3O3S. The largest absolute Gasteiger partial charge is 0.302 e. The summed E-state index contributed by atoms with van der Waals surface area (Å²) in [6.07, 6.45) is -0.0996. The zero-order chi connectivity index (χ0) is 18.7. The van der Waals surface area contributed by atoms with Crippen LogP contribution >= 0.6 is 11.3 Å². The molecule has 1 N–H and O–H groups in total. The van der Waals surface area contributed by atoms with E-state index in [0.29, 0.717) is 27.5 Å². The van der Waals surface area contributed by atoms with Crippen molar-refractivity contribution >= 4 is 28.1 Å². The minimum absolute atomic E-state index is 0.0145. The van der Waals surface area contributed by atoms with Crippen LogP contribution in [0.4, 0.5) is 15.2 Å². The van der Waals surface area contributed by atoms with Gasteiger partial charge in [0.05, 0.1) is 17.0 Å². The fraction of sp³-hybridized carbons (Fsp3) is 0.111. The van der Waals surface area contributed by atoms with Crippen molar-refractivity contribution in [3.8, 4) is 11.3 Å². The van der Waals surface area contributed by atoms with Gasteiger partial charge in [-0.1, -0.05) is 30.3 Å². The third kappa shape index (κ3) is 3.92. The maximum absolute atomic E-state index is 13.6. The second-order valence-electron chi connectivity index (χ2n) is 5.61. The molecule has 2 aromatic carbocycles. The van der Waals surface area contributed by atoms with Crippen LogP contribution in [0.25, 0.3) is 11.3 Å². The zero-order valence-electron chi connectivity index (χ0n) is 13.7. The van der Waals surface area contributed by atoms with Gasteiger partial charge in [0.1, 0.15) is 5.82 Å². The molecule has 0 aliphatic carbocycles. The Morgan fingerprint density at radius 1 is 1.31 bits per heavy atom. The number of hydrogen-bond acceptors (Lipinski definition) is 5. The Kier molecular flexibility index (Phi) is 5.04. The summed E-state index contributed by atoms with van der Waals surface area (Å²) in [4.78, 5) is 27.0. The Morgan fingerprint density at radius 2 is 2.08 bits per heavy atom. The summed E-state index contributed by atoms with van der Waals surface area (Å²) in [5.41, 5.74) is 2.00. The van der Waals surface area contributed by atoms with E-state index < -0.39 is 10.7 Å². The molecule has 0 bridgehead atoms. The van der Waals surface area contributed by atoms with Crippen molar-refractivity contribution in [1.29, 1.82) is 0 Å². The molecule has 0 saturated carbocycles. The molecule has 1 amide bonds. The third-order valence-electron chi connectivity index (χ3n) is 3.76. The van der Waals surface area contributed by atoms with Crippen molar-refractivity contribution in [3.05, 3.63) is 74.9 Å². The number of carbonyl (C=O) groups is 1. The molecule has 1 aromatic heterocycles. The van der Waals surface area contributed by atoms with Gasteiger partial charge in [0.15, 0.2) is 5.13 Å². The lowest BCUT2D eigenvalue weighted by atomic mass is 10.1. The highest BCUT2D eigenvalue weighted by atomic mass is 32.1. The van der Waals surface area contributed by atoms with Gasteiger partial charge in [-0.2, -0.15) is 0 Å². The number of amides is 1. The lowest BCUT2D eigenvalue weighted by Crippen LogP contribution is -2.15. The van der Waals surface area contributed by atoms with Gasteiger partial charge in [-0.15, -0.1) is 11.3 Å². The SMILES string of the molecule is Cc1ccc(-c2csc(NC(=O)Cc3ccccc3F)n2)cc1[N+](=O)[O-]. The fourth-order valence-corrected chi connectivity index (χ4v) is 3.14. The number of benzene rings is 2. The number of carbonyl (C=O) groups excluding carboxylic acids is 1. The lowest BCUT2D eigenvalue weighted by molar-refractivity contribution is -0.385. The van der Waals surface area contributed by atoms with Crippen LogP contribution in [0, 0.1) is 22.9 Å². The normalized spacial score (nSPS) is 10.5. The fourth-order valence-electron chi connectivity index (χ4n) is 2.41. The number of hydrogen-bond donors (Lipinski definition) is 1. The zero-order valence-corrected chi connectivity index (χ0v) is 14.5. The Balaban J connectivity index is 1.74. The van der Waals surface area contributed by atoms with Crippen LogP contribution in [0.3, 0.4) is 0 Å². The van der Waals surface area contributed by atoms with E-state index in [0.717, 1.165) is 0 Å². The molecule has 0 aliphatic rings. The number of nitro benzene ring substituents is 1. The lowest BCUT2D eigenvalue weighted by Gasteiger charge is -2.03. The van der Waals surface area contributed by atoms with Crippen molar-refractivity contribution < 1.29 is 14.1 Å². The average Bonchev–Trinajstić information content (AvgIpc) is 3.05. The predicted molar refractivity (Wildman–Crippen MR) is 97.7 cm³/mol. The van der Waals surface area contributed by atoms with Crippen molar-refractivity contribution in [3.63, 3.8) is 0 Å². The maximum Gasteiger partial charge on any atom is 0.272 e. The van der Waals surface area contributed by atoms with Gasteiger partial charge in [0, 0.05) is 22.6 Å². The number of aromatic nitrogens is 1. The van der Waals surface area contributed by atoms with Crippen LogP contribution in [0.5, 0.6) is 0 Å². The highest BCUT2D eigenvalue weighted by Crippen LogP contribution is 2.29. The third-order valence-corrected chi connectivity index (χ3v) is 4.52. The minimum Gasteiger partial charge on any atom is -0.302 e.